The van der Waals surface area contributed by atoms with Gasteiger partial charge in [-0.25, -0.2) is 4.99 Å². The highest BCUT2D eigenvalue weighted by Crippen LogP contribution is 2.23. The lowest BCUT2D eigenvalue weighted by molar-refractivity contribution is 0.406. The van der Waals surface area contributed by atoms with Crippen LogP contribution in [-0.4, -0.2) is 24.6 Å². The molecule has 2 aromatic rings. The Kier molecular flexibility index (Phi) is 7.07. The Morgan fingerprint density at radius 2 is 1.92 bits per heavy atom. The Hall–Kier alpha value is -2.27. The zero-order valence-electron chi connectivity index (χ0n) is 15.2. The minimum absolute atomic E-state index is 0.578. The van der Waals surface area contributed by atoms with Gasteiger partial charge in [0.05, 0.1) is 25.9 Å². The summed E-state index contributed by atoms with van der Waals surface area (Å²) in [6, 6.07) is 7.70. The normalized spacial score (nSPS) is 11.3. The second-order valence-corrected chi connectivity index (χ2v) is 6.16. The number of guanidine groups is 1. The van der Waals surface area contributed by atoms with Gasteiger partial charge in [-0.05, 0) is 38.5 Å². The molecule has 1 aromatic carbocycles. The lowest BCUT2D eigenvalue weighted by atomic mass is 10.1. The van der Waals surface area contributed by atoms with E-state index in [1.807, 2.05) is 51.2 Å². The molecule has 134 valence electrons. The van der Waals surface area contributed by atoms with Crippen molar-refractivity contribution >= 4 is 17.6 Å². The van der Waals surface area contributed by atoms with Crippen LogP contribution in [0.2, 0.25) is 5.02 Å². The largest absolute Gasteiger partial charge is 0.496 e. The molecule has 0 atom stereocenters. The second-order valence-electron chi connectivity index (χ2n) is 5.72. The fraction of sp³-hybridized carbons (Fsp3) is 0.368. The Morgan fingerprint density at radius 1 is 1.20 bits per heavy atom. The molecule has 0 saturated carbocycles. The van der Waals surface area contributed by atoms with Crippen molar-refractivity contribution in [2.75, 3.05) is 13.7 Å². The number of nitrogens with one attached hydrogen (secondary N) is 2. The first-order valence-electron chi connectivity index (χ1n) is 8.30. The van der Waals surface area contributed by atoms with E-state index in [2.05, 4.69) is 20.6 Å². The first kappa shape index (κ1) is 19.1. The van der Waals surface area contributed by atoms with Gasteiger partial charge in [0.1, 0.15) is 5.75 Å². The van der Waals surface area contributed by atoms with Gasteiger partial charge < -0.3 is 15.4 Å². The van der Waals surface area contributed by atoms with Crippen LogP contribution in [0, 0.1) is 13.8 Å². The predicted molar refractivity (Wildman–Crippen MR) is 103 cm³/mol. The van der Waals surface area contributed by atoms with E-state index in [0.717, 1.165) is 45.7 Å². The van der Waals surface area contributed by atoms with Crippen molar-refractivity contribution in [3.05, 3.63) is 57.9 Å². The molecular formula is C19H25ClN4O. The smallest absolute Gasteiger partial charge is 0.191 e. The van der Waals surface area contributed by atoms with Crippen molar-refractivity contribution in [3.63, 3.8) is 0 Å². The average molecular weight is 361 g/mol. The number of aryl methyl sites for hydroxylation is 1. The third-order valence-electron chi connectivity index (χ3n) is 3.85. The number of benzene rings is 1. The molecule has 1 aromatic heterocycles. The van der Waals surface area contributed by atoms with Gasteiger partial charge >= 0.3 is 0 Å². The second kappa shape index (κ2) is 9.28. The summed E-state index contributed by atoms with van der Waals surface area (Å²) >= 11 is 5.91. The van der Waals surface area contributed by atoms with Gasteiger partial charge in [-0.2, -0.15) is 0 Å². The van der Waals surface area contributed by atoms with Gasteiger partial charge in [0.15, 0.2) is 5.96 Å². The third-order valence-corrected chi connectivity index (χ3v) is 4.10. The molecule has 2 N–H and O–H groups in total. The van der Waals surface area contributed by atoms with E-state index < -0.39 is 0 Å². The van der Waals surface area contributed by atoms with Gasteiger partial charge in [0, 0.05) is 28.9 Å². The Bertz CT molecular complexity index is 729. The van der Waals surface area contributed by atoms with Crippen molar-refractivity contribution in [1.29, 1.82) is 0 Å². The van der Waals surface area contributed by atoms with Crippen molar-refractivity contribution in [3.8, 4) is 5.75 Å². The van der Waals surface area contributed by atoms with Crippen molar-refractivity contribution in [2.45, 2.75) is 33.9 Å². The van der Waals surface area contributed by atoms with Crippen LogP contribution in [0.15, 0.2) is 35.5 Å². The zero-order chi connectivity index (χ0) is 18.2. The number of pyridine rings is 1. The van der Waals surface area contributed by atoms with E-state index in [9.17, 15) is 0 Å². The van der Waals surface area contributed by atoms with Gasteiger partial charge in [-0.3, -0.25) is 4.98 Å². The summed E-state index contributed by atoms with van der Waals surface area (Å²) in [5.41, 5.74) is 4.13. The lowest BCUT2D eigenvalue weighted by Crippen LogP contribution is -2.37. The van der Waals surface area contributed by atoms with Crippen LogP contribution in [0.5, 0.6) is 5.75 Å². The van der Waals surface area contributed by atoms with Gasteiger partial charge in [-0.1, -0.05) is 23.7 Å². The minimum atomic E-state index is 0.578. The number of methoxy groups -OCH3 is 1. The van der Waals surface area contributed by atoms with Crippen LogP contribution < -0.4 is 15.4 Å². The van der Waals surface area contributed by atoms with Crippen molar-refractivity contribution in [1.82, 2.24) is 15.6 Å². The molecule has 0 bridgehead atoms. The number of hydrogen-bond acceptors (Lipinski definition) is 3. The number of aromatic nitrogens is 1. The van der Waals surface area contributed by atoms with Gasteiger partial charge in [0.2, 0.25) is 0 Å². The SMILES string of the molecule is CCNC(=NCc1ccc(Cl)cc1)NCc1ncc(C)c(OC)c1C. The Morgan fingerprint density at radius 3 is 2.56 bits per heavy atom. The number of halogens is 1. The van der Waals surface area contributed by atoms with E-state index >= 15 is 0 Å². The molecule has 0 amide bonds. The monoisotopic (exact) mass is 360 g/mol. The standard InChI is InChI=1S/C19H25ClN4O/c1-5-21-19(23-11-15-6-8-16(20)9-7-15)24-12-17-14(3)18(25-4)13(2)10-22-17/h6-10H,5,11-12H2,1-4H3,(H2,21,23,24). The highest BCUT2D eigenvalue weighted by atomic mass is 35.5. The molecule has 5 nitrogen and oxygen atoms in total. The van der Waals surface area contributed by atoms with Gasteiger partial charge in [-0.15, -0.1) is 0 Å². The fourth-order valence-corrected chi connectivity index (χ4v) is 2.64. The molecule has 0 aliphatic rings. The van der Waals surface area contributed by atoms with E-state index in [0.29, 0.717) is 13.1 Å². The summed E-state index contributed by atoms with van der Waals surface area (Å²) < 4.78 is 5.46. The van der Waals surface area contributed by atoms with Crippen LogP contribution in [0.25, 0.3) is 0 Å². The first-order chi connectivity index (χ1) is 12.0. The summed E-state index contributed by atoms with van der Waals surface area (Å²) in [6.45, 7) is 8.00. The molecule has 0 saturated heterocycles. The van der Waals surface area contributed by atoms with E-state index in [1.165, 1.54) is 0 Å². The molecule has 0 fully saturated rings. The van der Waals surface area contributed by atoms with Gasteiger partial charge in [0.25, 0.3) is 0 Å². The molecule has 6 heteroatoms. The van der Waals surface area contributed by atoms with Crippen LogP contribution in [0.3, 0.4) is 0 Å². The molecule has 0 aliphatic carbocycles. The van der Waals surface area contributed by atoms with Crippen molar-refractivity contribution < 1.29 is 4.74 Å². The maximum Gasteiger partial charge on any atom is 0.191 e. The lowest BCUT2D eigenvalue weighted by Gasteiger charge is -2.15. The van der Waals surface area contributed by atoms with Crippen molar-refractivity contribution in [2.24, 2.45) is 4.99 Å². The fourth-order valence-electron chi connectivity index (χ4n) is 2.52. The summed E-state index contributed by atoms with van der Waals surface area (Å²) in [6.07, 6.45) is 1.83. The number of hydrogen-bond donors (Lipinski definition) is 2. The molecule has 1 heterocycles. The molecular weight excluding hydrogens is 336 g/mol. The molecule has 0 unspecified atom stereocenters. The maximum atomic E-state index is 5.91. The summed E-state index contributed by atoms with van der Waals surface area (Å²) in [5, 5.41) is 7.30. The average Bonchev–Trinajstić information content (AvgIpc) is 2.60. The van der Waals surface area contributed by atoms with Crippen LogP contribution >= 0.6 is 11.6 Å². The van der Waals surface area contributed by atoms with Crippen LogP contribution in [0.4, 0.5) is 0 Å². The molecule has 25 heavy (non-hydrogen) atoms. The summed E-state index contributed by atoms with van der Waals surface area (Å²) in [5.74, 6) is 1.63. The Labute approximate surface area is 154 Å². The highest BCUT2D eigenvalue weighted by Gasteiger charge is 2.09. The molecule has 2 rings (SSSR count). The predicted octanol–water partition coefficient (Wildman–Crippen LogP) is 3.62. The topological polar surface area (TPSA) is 58.5 Å². The number of nitrogens with zero attached hydrogens (tertiary/aromatic N) is 2. The molecule has 0 radical (unpaired) electrons. The van der Waals surface area contributed by atoms with E-state index in [4.69, 9.17) is 16.3 Å². The van der Waals surface area contributed by atoms with Crippen LogP contribution in [-0.2, 0) is 13.1 Å². The third kappa shape index (κ3) is 5.36. The molecule has 0 spiro atoms. The van der Waals surface area contributed by atoms with E-state index in [-0.39, 0.29) is 0 Å². The Balaban J connectivity index is 2.06. The summed E-state index contributed by atoms with van der Waals surface area (Å²) in [4.78, 5) is 9.12. The van der Waals surface area contributed by atoms with E-state index in [1.54, 1.807) is 7.11 Å². The number of rotatable bonds is 6. The quantitative estimate of drug-likeness (QED) is 0.610. The summed E-state index contributed by atoms with van der Waals surface area (Å²) in [7, 11) is 1.68. The maximum absolute atomic E-state index is 5.91. The first-order valence-corrected chi connectivity index (χ1v) is 8.68. The number of aliphatic imine (C=N–C) groups is 1. The number of ether oxygens (including phenoxy) is 1. The minimum Gasteiger partial charge on any atom is -0.496 e. The molecule has 0 aliphatic heterocycles. The zero-order valence-corrected chi connectivity index (χ0v) is 15.9. The highest BCUT2D eigenvalue weighted by molar-refractivity contribution is 6.30. The van der Waals surface area contributed by atoms with Crippen LogP contribution in [0.1, 0.15) is 29.3 Å².